The number of benzene rings is 1. The molecule has 1 saturated heterocycles. The molecule has 4 rings (SSSR count). The van der Waals surface area contributed by atoms with E-state index in [1.807, 2.05) is 0 Å². The third-order valence-corrected chi connectivity index (χ3v) is 6.49. The zero-order valence-electron chi connectivity index (χ0n) is 17.2. The molecule has 3 aromatic rings. The minimum absolute atomic E-state index is 0.0170. The van der Waals surface area contributed by atoms with Crippen molar-refractivity contribution in [1.82, 2.24) is 20.1 Å². The number of piperidine rings is 1. The average Bonchev–Trinajstić information content (AvgIpc) is 3.33. The van der Waals surface area contributed by atoms with Crippen LogP contribution < -0.4 is 10.2 Å². The van der Waals surface area contributed by atoms with Crippen molar-refractivity contribution >= 4 is 22.4 Å². The molecule has 0 bridgehead atoms. The molecule has 0 radical (unpaired) electrons. The lowest BCUT2D eigenvalue weighted by atomic mass is 9.97. The van der Waals surface area contributed by atoms with Crippen molar-refractivity contribution in [3.63, 3.8) is 0 Å². The van der Waals surface area contributed by atoms with Gasteiger partial charge in [0.2, 0.25) is 16.2 Å². The monoisotopic (exact) mass is 409 g/mol. The highest BCUT2D eigenvalue weighted by molar-refractivity contribution is 7.17. The SMILES string of the molecule is Cc1ccc(CNC(=O)[C@@H]2CCCN(c3nnc(-n4c(C)ccc4C)s3)C2)cc1. The van der Waals surface area contributed by atoms with Crippen LogP contribution in [0.5, 0.6) is 0 Å². The Kier molecular flexibility index (Phi) is 5.67. The summed E-state index contributed by atoms with van der Waals surface area (Å²) in [6.45, 7) is 8.40. The molecule has 6 nitrogen and oxygen atoms in total. The Balaban J connectivity index is 1.39. The quantitative estimate of drug-likeness (QED) is 0.696. The van der Waals surface area contributed by atoms with Crippen molar-refractivity contribution in [3.8, 4) is 5.13 Å². The van der Waals surface area contributed by atoms with Crippen LogP contribution in [0.15, 0.2) is 36.4 Å². The number of carbonyl (C=O) groups is 1. The summed E-state index contributed by atoms with van der Waals surface area (Å²) in [6.07, 6.45) is 1.90. The first-order chi connectivity index (χ1) is 14.0. The van der Waals surface area contributed by atoms with Crippen molar-refractivity contribution < 1.29 is 4.79 Å². The van der Waals surface area contributed by atoms with Gasteiger partial charge in [-0.3, -0.25) is 9.36 Å². The lowest BCUT2D eigenvalue weighted by Crippen LogP contribution is -2.43. The fourth-order valence-electron chi connectivity index (χ4n) is 3.80. The molecule has 2 aromatic heterocycles. The van der Waals surface area contributed by atoms with Crippen molar-refractivity contribution in [2.24, 2.45) is 5.92 Å². The van der Waals surface area contributed by atoms with E-state index in [9.17, 15) is 4.79 Å². The van der Waals surface area contributed by atoms with Gasteiger partial charge in [0.15, 0.2) is 0 Å². The largest absolute Gasteiger partial charge is 0.352 e. The van der Waals surface area contributed by atoms with Crippen LogP contribution in [0.3, 0.4) is 0 Å². The Morgan fingerprint density at radius 1 is 1.07 bits per heavy atom. The molecule has 1 N–H and O–H groups in total. The minimum atomic E-state index is -0.0170. The highest BCUT2D eigenvalue weighted by Crippen LogP contribution is 2.29. The van der Waals surface area contributed by atoms with E-state index in [0.29, 0.717) is 13.1 Å². The molecule has 29 heavy (non-hydrogen) atoms. The molecule has 3 heterocycles. The summed E-state index contributed by atoms with van der Waals surface area (Å²) in [5.41, 5.74) is 4.65. The standard InChI is InChI=1S/C22H27N5OS/c1-15-6-10-18(11-7-15)13-23-20(28)19-5-4-12-26(14-19)21-24-25-22(29-21)27-16(2)8-9-17(27)3/h6-11,19H,4-5,12-14H2,1-3H3,(H,23,28)/t19-/m1/s1. The Morgan fingerprint density at radius 2 is 1.76 bits per heavy atom. The number of nitrogens with zero attached hydrogens (tertiary/aromatic N) is 4. The van der Waals surface area contributed by atoms with Gasteiger partial charge in [-0.15, -0.1) is 10.2 Å². The highest BCUT2D eigenvalue weighted by atomic mass is 32.1. The molecule has 0 aliphatic carbocycles. The lowest BCUT2D eigenvalue weighted by molar-refractivity contribution is -0.125. The maximum absolute atomic E-state index is 12.7. The maximum Gasteiger partial charge on any atom is 0.225 e. The fourth-order valence-corrected chi connectivity index (χ4v) is 4.80. The van der Waals surface area contributed by atoms with Gasteiger partial charge in [-0.2, -0.15) is 0 Å². The number of aromatic nitrogens is 3. The number of nitrogens with one attached hydrogen (secondary N) is 1. The van der Waals surface area contributed by atoms with E-state index in [-0.39, 0.29) is 11.8 Å². The van der Waals surface area contributed by atoms with Crippen molar-refractivity contribution in [1.29, 1.82) is 0 Å². The Hall–Kier alpha value is -2.67. The summed E-state index contributed by atoms with van der Waals surface area (Å²) in [5.74, 6) is 0.105. The van der Waals surface area contributed by atoms with Crippen LogP contribution in [0, 0.1) is 26.7 Å². The molecule has 0 spiro atoms. The molecule has 1 aromatic carbocycles. The van der Waals surface area contributed by atoms with Gasteiger partial charge in [-0.1, -0.05) is 41.2 Å². The third kappa shape index (κ3) is 4.34. The number of rotatable bonds is 5. The van der Waals surface area contributed by atoms with E-state index in [1.54, 1.807) is 11.3 Å². The van der Waals surface area contributed by atoms with E-state index >= 15 is 0 Å². The first-order valence-electron chi connectivity index (χ1n) is 10.1. The van der Waals surface area contributed by atoms with Crippen molar-refractivity contribution in [2.75, 3.05) is 18.0 Å². The van der Waals surface area contributed by atoms with Crippen LogP contribution in [0.25, 0.3) is 5.13 Å². The first kappa shape index (κ1) is 19.6. The molecule has 0 unspecified atom stereocenters. The summed E-state index contributed by atoms with van der Waals surface area (Å²) >= 11 is 1.59. The second-order valence-corrected chi connectivity index (χ2v) is 8.74. The molecule has 1 aliphatic heterocycles. The Labute approximate surface area is 175 Å². The number of carbonyl (C=O) groups excluding carboxylic acids is 1. The summed E-state index contributed by atoms with van der Waals surface area (Å²) in [5, 5.41) is 13.7. The van der Waals surface area contributed by atoms with Crippen LogP contribution in [0.4, 0.5) is 5.13 Å². The van der Waals surface area contributed by atoms with E-state index < -0.39 is 0 Å². The van der Waals surface area contributed by atoms with Gasteiger partial charge >= 0.3 is 0 Å². The highest BCUT2D eigenvalue weighted by Gasteiger charge is 2.27. The van der Waals surface area contributed by atoms with Crippen LogP contribution in [0.2, 0.25) is 0 Å². The maximum atomic E-state index is 12.7. The zero-order chi connectivity index (χ0) is 20.4. The molecule has 1 fully saturated rings. The Morgan fingerprint density at radius 3 is 2.48 bits per heavy atom. The van der Waals surface area contributed by atoms with E-state index in [1.165, 1.54) is 5.56 Å². The second kappa shape index (κ2) is 8.37. The van der Waals surface area contributed by atoms with Crippen molar-refractivity contribution in [2.45, 2.75) is 40.2 Å². The van der Waals surface area contributed by atoms with Crippen LogP contribution >= 0.6 is 11.3 Å². The van der Waals surface area contributed by atoms with Gasteiger partial charge in [-0.25, -0.2) is 0 Å². The molecule has 7 heteroatoms. The molecule has 152 valence electrons. The average molecular weight is 410 g/mol. The van der Waals surface area contributed by atoms with Gasteiger partial charge in [0.05, 0.1) is 5.92 Å². The van der Waals surface area contributed by atoms with Gasteiger partial charge in [0, 0.05) is 31.0 Å². The second-order valence-electron chi connectivity index (χ2n) is 7.81. The minimum Gasteiger partial charge on any atom is -0.352 e. The first-order valence-corrected chi connectivity index (χ1v) is 10.9. The topological polar surface area (TPSA) is 63.1 Å². The number of hydrogen-bond donors (Lipinski definition) is 1. The van der Waals surface area contributed by atoms with Crippen molar-refractivity contribution in [3.05, 3.63) is 58.9 Å². The normalized spacial score (nSPS) is 16.8. The van der Waals surface area contributed by atoms with E-state index in [4.69, 9.17) is 0 Å². The predicted molar refractivity (Wildman–Crippen MR) is 117 cm³/mol. The number of hydrogen-bond acceptors (Lipinski definition) is 5. The third-order valence-electron chi connectivity index (χ3n) is 5.52. The van der Waals surface area contributed by atoms with Gasteiger partial charge in [-0.05, 0) is 51.3 Å². The summed E-state index contributed by atoms with van der Waals surface area (Å²) < 4.78 is 2.12. The summed E-state index contributed by atoms with van der Waals surface area (Å²) in [7, 11) is 0. The van der Waals surface area contributed by atoms with Crippen LogP contribution in [0.1, 0.15) is 35.4 Å². The van der Waals surface area contributed by atoms with E-state index in [0.717, 1.165) is 46.6 Å². The summed E-state index contributed by atoms with van der Waals surface area (Å²) in [4.78, 5) is 14.9. The lowest BCUT2D eigenvalue weighted by Gasteiger charge is -2.31. The number of anilines is 1. The van der Waals surface area contributed by atoms with Gasteiger partial charge < -0.3 is 10.2 Å². The van der Waals surface area contributed by atoms with Gasteiger partial charge in [0.1, 0.15) is 0 Å². The Bertz CT molecular complexity index is 972. The van der Waals surface area contributed by atoms with Gasteiger partial charge in [0.25, 0.3) is 0 Å². The van der Waals surface area contributed by atoms with Crippen LogP contribution in [-0.4, -0.2) is 33.8 Å². The number of amides is 1. The zero-order valence-corrected chi connectivity index (χ0v) is 18.0. The predicted octanol–water partition coefficient (Wildman–Crippen LogP) is 3.79. The molecule has 1 amide bonds. The van der Waals surface area contributed by atoms with E-state index in [2.05, 4.69) is 82.2 Å². The molecular formula is C22H27N5OS. The molecule has 0 saturated carbocycles. The van der Waals surface area contributed by atoms with Crippen LogP contribution in [-0.2, 0) is 11.3 Å². The summed E-state index contributed by atoms with van der Waals surface area (Å²) in [6, 6.07) is 12.5. The molecular weight excluding hydrogens is 382 g/mol. The smallest absolute Gasteiger partial charge is 0.225 e. The number of aryl methyl sites for hydroxylation is 3. The molecule has 1 atom stereocenters. The fraction of sp³-hybridized carbons (Fsp3) is 0.409. The molecule has 1 aliphatic rings.